The number of carbonyl (C=O) groups excluding carboxylic acids is 1. The standard InChI is InChI=1S/C23H21NO5/c1-29-20-4-2-3-17(13-20)21(14-22(26)15-7-11-19(25)12-8-15)24-18-9-5-16(6-10-18)23(27)28/h2-13,21,24-25H,14H2,1H3,(H,27,28). The van der Waals surface area contributed by atoms with E-state index in [1.807, 2.05) is 24.3 Å². The molecular formula is C23H21NO5. The Balaban J connectivity index is 1.87. The number of anilines is 1. The van der Waals surface area contributed by atoms with Crippen LogP contribution in [0.25, 0.3) is 0 Å². The van der Waals surface area contributed by atoms with Crippen molar-refractivity contribution in [3.8, 4) is 11.5 Å². The van der Waals surface area contributed by atoms with Crippen molar-refractivity contribution in [1.29, 1.82) is 0 Å². The fraction of sp³-hybridized carbons (Fsp3) is 0.130. The minimum absolute atomic E-state index is 0.0903. The molecule has 3 N–H and O–H groups in total. The summed E-state index contributed by atoms with van der Waals surface area (Å²) in [6.07, 6.45) is 0.165. The number of carbonyl (C=O) groups is 2. The van der Waals surface area contributed by atoms with Crippen LogP contribution < -0.4 is 10.1 Å². The van der Waals surface area contributed by atoms with Gasteiger partial charge in [-0.1, -0.05) is 12.1 Å². The van der Waals surface area contributed by atoms with Crippen molar-refractivity contribution in [1.82, 2.24) is 0 Å². The number of hydrogen-bond acceptors (Lipinski definition) is 5. The summed E-state index contributed by atoms with van der Waals surface area (Å²) >= 11 is 0. The van der Waals surface area contributed by atoms with Crippen molar-refractivity contribution in [2.24, 2.45) is 0 Å². The molecular weight excluding hydrogens is 370 g/mol. The number of phenolic OH excluding ortho intramolecular Hbond substituents is 1. The number of ketones is 1. The molecule has 0 aliphatic carbocycles. The van der Waals surface area contributed by atoms with Crippen LogP contribution in [0.15, 0.2) is 72.8 Å². The Labute approximate surface area is 168 Å². The Morgan fingerprint density at radius 2 is 1.62 bits per heavy atom. The highest BCUT2D eigenvalue weighted by molar-refractivity contribution is 5.96. The molecule has 3 aromatic rings. The summed E-state index contributed by atoms with van der Waals surface area (Å²) in [5, 5.41) is 21.8. The molecule has 0 saturated carbocycles. The first kappa shape index (κ1) is 19.9. The van der Waals surface area contributed by atoms with Crippen molar-refractivity contribution in [3.05, 3.63) is 89.5 Å². The summed E-state index contributed by atoms with van der Waals surface area (Å²) in [6.45, 7) is 0. The highest BCUT2D eigenvalue weighted by Gasteiger charge is 2.18. The molecule has 6 heteroatoms. The third-order valence-corrected chi connectivity index (χ3v) is 4.55. The number of phenols is 1. The predicted octanol–water partition coefficient (Wildman–Crippen LogP) is 4.53. The lowest BCUT2D eigenvalue weighted by Gasteiger charge is -2.21. The lowest BCUT2D eigenvalue weighted by Crippen LogP contribution is -2.16. The Hall–Kier alpha value is -3.80. The summed E-state index contributed by atoms with van der Waals surface area (Å²) in [4.78, 5) is 23.9. The van der Waals surface area contributed by atoms with E-state index in [0.717, 1.165) is 5.56 Å². The molecule has 0 aliphatic rings. The largest absolute Gasteiger partial charge is 0.508 e. The van der Waals surface area contributed by atoms with Gasteiger partial charge >= 0.3 is 5.97 Å². The van der Waals surface area contributed by atoms with Gasteiger partial charge in [-0.2, -0.15) is 0 Å². The molecule has 0 bridgehead atoms. The van der Waals surface area contributed by atoms with E-state index in [4.69, 9.17) is 9.84 Å². The van der Waals surface area contributed by atoms with Gasteiger partial charge in [-0.15, -0.1) is 0 Å². The van der Waals surface area contributed by atoms with Gasteiger partial charge in [0.05, 0.1) is 18.7 Å². The van der Waals surface area contributed by atoms with Crippen LogP contribution in [-0.4, -0.2) is 29.1 Å². The second-order valence-electron chi connectivity index (χ2n) is 6.53. The van der Waals surface area contributed by atoms with Gasteiger partial charge in [0.25, 0.3) is 0 Å². The fourth-order valence-electron chi connectivity index (χ4n) is 2.97. The predicted molar refractivity (Wildman–Crippen MR) is 110 cm³/mol. The molecule has 0 fully saturated rings. The van der Waals surface area contributed by atoms with Crippen LogP contribution in [0.1, 0.15) is 38.7 Å². The number of aromatic hydroxyl groups is 1. The maximum Gasteiger partial charge on any atom is 0.335 e. The van der Waals surface area contributed by atoms with Gasteiger partial charge < -0.3 is 20.3 Å². The summed E-state index contributed by atoms with van der Waals surface area (Å²) < 4.78 is 5.29. The van der Waals surface area contributed by atoms with Gasteiger partial charge in [0.15, 0.2) is 5.78 Å². The number of Topliss-reactive ketones (excluding diaryl/α,β-unsaturated/α-hetero) is 1. The quantitative estimate of drug-likeness (QED) is 0.489. The smallest absolute Gasteiger partial charge is 0.335 e. The lowest BCUT2D eigenvalue weighted by molar-refractivity contribution is 0.0696. The monoisotopic (exact) mass is 391 g/mol. The highest BCUT2D eigenvalue weighted by atomic mass is 16.5. The molecule has 148 valence electrons. The summed E-state index contributed by atoms with van der Waals surface area (Å²) in [6, 6.07) is 19.5. The van der Waals surface area contributed by atoms with Gasteiger partial charge in [-0.25, -0.2) is 4.79 Å². The maximum absolute atomic E-state index is 12.8. The van der Waals surface area contributed by atoms with E-state index < -0.39 is 5.97 Å². The number of rotatable bonds is 8. The summed E-state index contributed by atoms with van der Waals surface area (Å²) in [5.41, 5.74) is 2.24. The van der Waals surface area contributed by atoms with E-state index in [9.17, 15) is 14.7 Å². The average molecular weight is 391 g/mol. The van der Waals surface area contributed by atoms with Crippen LogP contribution in [0.2, 0.25) is 0 Å². The zero-order valence-corrected chi connectivity index (χ0v) is 15.8. The van der Waals surface area contributed by atoms with Gasteiger partial charge in [-0.05, 0) is 66.2 Å². The normalized spacial score (nSPS) is 11.5. The van der Waals surface area contributed by atoms with E-state index in [-0.39, 0.29) is 29.6 Å². The maximum atomic E-state index is 12.8. The van der Waals surface area contributed by atoms with E-state index in [2.05, 4.69) is 5.32 Å². The SMILES string of the molecule is COc1cccc(C(CC(=O)c2ccc(O)cc2)Nc2ccc(C(=O)O)cc2)c1. The van der Waals surface area contributed by atoms with Crippen molar-refractivity contribution >= 4 is 17.4 Å². The third kappa shape index (κ3) is 5.13. The molecule has 29 heavy (non-hydrogen) atoms. The number of nitrogens with one attached hydrogen (secondary N) is 1. The van der Waals surface area contributed by atoms with Crippen LogP contribution in [0.5, 0.6) is 11.5 Å². The van der Waals surface area contributed by atoms with Crippen molar-refractivity contribution in [3.63, 3.8) is 0 Å². The molecule has 0 amide bonds. The first-order valence-corrected chi connectivity index (χ1v) is 9.02. The van der Waals surface area contributed by atoms with Gasteiger partial charge in [0.1, 0.15) is 11.5 Å². The third-order valence-electron chi connectivity index (χ3n) is 4.55. The molecule has 1 unspecified atom stereocenters. The van der Waals surface area contributed by atoms with Crippen LogP contribution in [-0.2, 0) is 0 Å². The minimum Gasteiger partial charge on any atom is -0.508 e. The molecule has 6 nitrogen and oxygen atoms in total. The van der Waals surface area contributed by atoms with Crippen molar-refractivity contribution in [2.45, 2.75) is 12.5 Å². The number of methoxy groups -OCH3 is 1. The zero-order chi connectivity index (χ0) is 20.8. The van der Waals surface area contributed by atoms with Crippen molar-refractivity contribution in [2.75, 3.05) is 12.4 Å². The van der Waals surface area contributed by atoms with Crippen molar-refractivity contribution < 1.29 is 24.5 Å². The molecule has 0 aromatic heterocycles. The molecule has 3 aromatic carbocycles. The van der Waals surface area contributed by atoms with E-state index in [1.165, 1.54) is 24.3 Å². The second-order valence-corrected chi connectivity index (χ2v) is 6.53. The topological polar surface area (TPSA) is 95.9 Å². The number of hydrogen-bond donors (Lipinski definition) is 3. The van der Waals surface area contributed by atoms with E-state index in [1.54, 1.807) is 31.4 Å². The molecule has 0 saturated heterocycles. The van der Waals surface area contributed by atoms with Gasteiger partial charge in [-0.3, -0.25) is 4.79 Å². The van der Waals surface area contributed by atoms with Gasteiger partial charge in [0.2, 0.25) is 0 Å². The lowest BCUT2D eigenvalue weighted by atomic mass is 9.97. The highest BCUT2D eigenvalue weighted by Crippen LogP contribution is 2.27. The first-order valence-electron chi connectivity index (χ1n) is 9.02. The van der Waals surface area contributed by atoms with Crippen LogP contribution in [0.4, 0.5) is 5.69 Å². The first-order chi connectivity index (χ1) is 14.0. The number of aromatic carboxylic acids is 1. The molecule has 0 radical (unpaired) electrons. The molecule has 0 aliphatic heterocycles. The number of carboxylic acid groups (broad SMARTS) is 1. The van der Waals surface area contributed by atoms with E-state index in [0.29, 0.717) is 17.0 Å². The second kappa shape index (κ2) is 8.93. The molecule has 0 heterocycles. The Morgan fingerprint density at radius 3 is 2.24 bits per heavy atom. The number of benzene rings is 3. The summed E-state index contributed by atoms with van der Waals surface area (Å²) in [7, 11) is 1.58. The Morgan fingerprint density at radius 1 is 0.966 bits per heavy atom. The van der Waals surface area contributed by atoms with Crippen LogP contribution in [0.3, 0.4) is 0 Å². The Bertz CT molecular complexity index is 997. The Kier molecular flexibility index (Phi) is 6.14. The summed E-state index contributed by atoms with van der Waals surface area (Å²) in [5.74, 6) is -0.314. The van der Waals surface area contributed by atoms with Gasteiger partial charge in [0, 0.05) is 17.7 Å². The average Bonchev–Trinajstić information content (AvgIpc) is 2.74. The number of ether oxygens (including phenoxy) is 1. The zero-order valence-electron chi connectivity index (χ0n) is 15.8. The number of carboxylic acids is 1. The van der Waals surface area contributed by atoms with Crippen LogP contribution >= 0.6 is 0 Å². The molecule has 0 spiro atoms. The minimum atomic E-state index is -0.997. The molecule has 3 rings (SSSR count). The van der Waals surface area contributed by atoms with E-state index >= 15 is 0 Å². The fourth-order valence-corrected chi connectivity index (χ4v) is 2.97. The van der Waals surface area contributed by atoms with Crippen LogP contribution in [0, 0.1) is 0 Å². The molecule has 1 atom stereocenters.